The van der Waals surface area contributed by atoms with Crippen molar-refractivity contribution in [3.8, 4) is 5.75 Å². The van der Waals surface area contributed by atoms with Crippen molar-refractivity contribution in [2.45, 2.75) is 38.8 Å². The minimum absolute atomic E-state index is 0.317. The molecule has 4 nitrogen and oxygen atoms in total. The van der Waals surface area contributed by atoms with E-state index in [1.165, 1.54) is 6.42 Å². The average molecular weight is 280 g/mol. The van der Waals surface area contributed by atoms with E-state index in [2.05, 4.69) is 19.2 Å². The molecule has 0 fully saturated rings. The Morgan fingerprint density at radius 2 is 1.90 bits per heavy atom. The van der Waals surface area contributed by atoms with E-state index >= 15 is 0 Å². The first-order valence-corrected chi connectivity index (χ1v) is 7.33. The van der Waals surface area contributed by atoms with Crippen LogP contribution in [-0.2, 0) is 0 Å². The molecule has 0 spiro atoms. The highest BCUT2D eigenvalue weighted by atomic mass is 16.5. The summed E-state index contributed by atoms with van der Waals surface area (Å²) in [6, 6.07) is 8.38. The molecule has 20 heavy (non-hydrogen) atoms. The molecule has 0 saturated heterocycles. The van der Waals surface area contributed by atoms with Gasteiger partial charge in [-0.3, -0.25) is 0 Å². The molecule has 1 aromatic carbocycles. The topological polar surface area (TPSA) is 44.7 Å². The van der Waals surface area contributed by atoms with Crippen molar-refractivity contribution >= 4 is 5.69 Å². The van der Waals surface area contributed by atoms with Gasteiger partial charge in [-0.15, -0.1) is 0 Å². The van der Waals surface area contributed by atoms with Gasteiger partial charge in [0.05, 0.1) is 0 Å². The fraction of sp³-hybridized carbons (Fsp3) is 0.625. The van der Waals surface area contributed by atoms with E-state index < -0.39 is 6.10 Å². The number of anilines is 1. The fourth-order valence-corrected chi connectivity index (χ4v) is 2.10. The highest BCUT2D eigenvalue weighted by Gasteiger charge is 2.06. The third-order valence-electron chi connectivity index (χ3n) is 3.01. The molecule has 114 valence electrons. The molecule has 0 aliphatic heterocycles. The average Bonchev–Trinajstić information content (AvgIpc) is 2.37. The quantitative estimate of drug-likeness (QED) is 0.730. The molecule has 0 bridgehead atoms. The predicted octanol–water partition coefficient (Wildman–Crippen LogP) is 2.59. The number of nitrogens with one attached hydrogen (secondary N) is 1. The number of nitrogens with zero attached hydrogens (tertiary/aromatic N) is 1. The van der Waals surface area contributed by atoms with Crippen molar-refractivity contribution in [1.82, 2.24) is 4.90 Å². The van der Waals surface area contributed by atoms with Crippen LogP contribution in [0.1, 0.15) is 26.7 Å². The zero-order valence-corrected chi connectivity index (χ0v) is 13.1. The van der Waals surface area contributed by atoms with E-state index in [4.69, 9.17) is 4.74 Å². The predicted molar refractivity (Wildman–Crippen MR) is 84.5 cm³/mol. The number of aliphatic hydroxyl groups is 1. The molecule has 0 amide bonds. The number of ether oxygens (including phenoxy) is 1. The second kappa shape index (κ2) is 8.82. The van der Waals surface area contributed by atoms with Gasteiger partial charge in [0, 0.05) is 18.3 Å². The monoisotopic (exact) mass is 280 g/mol. The zero-order chi connectivity index (χ0) is 15.0. The molecule has 2 unspecified atom stereocenters. The molecule has 2 atom stereocenters. The molecule has 0 aromatic heterocycles. The first-order valence-electron chi connectivity index (χ1n) is 7.33. The van der Waals surface area contributed by atoms with Gasteiger partial charge in [-0.2, -0.15) is 0 Å². The third-order valence-corrected chi connectivity index (χ3v) is 3.01. The van der Waals surface area contributed by atoms with Crippen molar-refractivity contribution in [1.29, 1.82) is 0 Å². The Balaban J connectivity index is 2.38. The summed E-state index contributed by atoms with van der Waals surface area (Å²) < 4.78 is 5.57. The Kier molecular flexibility index (Phi) is 7.41. The lowest BCUT2D eigenvalue weighted by Gasteiger charge is -2.17. The minimum atomic E-state index is -0.465. The normalized spacial score (nSPS) is 14.1. The van der Waals surface area contributed by atoms with Crippen molar-refractivity contribution in [3.63, 3.8) is 0 Å². The number of rotatable bonds is 9. The van der Waals surface area contributed by atoms with E-state index in [1.54, 1.807) is 0 Å². The maximum atomic E-state index is 9.73. The summed E-state index contributed by atoms with van der Waals surface area (Å²) in [6.45, 7) is 5.30. The Morgan fingerprint density at radius 1 is 1.25 bits per heavy atom. The summed E-state index contributed by atoms with van der Waals surface area (Å²) in [5.41, 5.74) is 1.10. The standard InChI is InChI=1S/C16H28N2O2/c1-5-6-13(2)17-14-7-9-16(10-8-14)20-12-15(19)11-18(3)4/h7-10,13,15,17,19H,5-6,11-12H2,1-4H3. The van der Waals surface area contributed by atoms with Crippen LogP contribution < -0.4 is 10.1 Å². The van der Waals surface area contributed by atoms with Crippen LogP contribution in [0.15, 0.2) is 24.3 Å². The summed E-state index contributed by atoms with van der Waals surface area (Å²) in [6.07, 6.45) is 1.88. The van der Waals surface area contributed by atoms with Crippen LogP contribution in [0.2, 0.25) is 0 Å². The maximum Gasteiger partial charge on any atom is 0.119 e. The van der Waals surface area contributed by atoms with Gasteiger partial charge in [-0.1, -0.05) is 13.3 Å². The van der Waals surface area contributed by atoms with Crippen LogP contribution >= 0.6 is 0 Å². The fourth-order valence-electron chi connectivity index (χ4n) is 2.10. The minimum Gasteiger partial charge on any atom is -0.491 e. The highest BCUT2D eigenvalue weighted by Crippen LogP contribution is 2.17. The molecule has 1 rings (SSSR count). The van der Waals surface area contributed by atoms with Gasteiger partial charge in [0.25, 0.3) is 0 Å². The van der Waals surface area contributed by atoms with Gasteiger partial charge in [0.1, 0.15) is 18.5 Å². The molecular formula is C16H28N2O2. The van der Waals surface area contributed by atoms with Crippen LogP contribution in [0.5, 0.6) is 5.75 Å². The second-order valence-electron chi connectivity index (χ2n) is 5.59. The maximum absolute atomic E-state index is 9.73. The van der Waals surface area contributed by atoms with Gasteiger partial charge in [-0.05, 0) is 51.7 Å². The molecule has 0 aliphatic carbocycles. The third kappa shape index (κ3) is 6.78. The smallest absolute Gasteiger partial charge is 0.119 e. The lowest BCUT2D eigenvalue weighted by molar-refractivity contribution is 0.0831. The van der Waals surface area contributed by atoms with Crippen LogP contribution in [-0.4, -0.2) is 49.4 Å². The molecule has 2 N–H and O–H groups in total. The highest BCUT2D eigenvalue weighted by molar-refractivity contribution is 5.46. The molecule has 4 heteroatoms. The van der Waals surface area contributed by atoms with E-state index in [0.29, 0.717) is 19.2 Å². The molecule has 0 aliphatic rings. The van der Waals surface area contributed by atoms with Crippen LogP contribution in [0.4, 0.5) is 5.69 Å². The summed E-state index contributed by atoms with van der Waals surface area (Å²) in [4.78, 5) is 1.94. The van der Waals surface area contributed by atoms with Crippen LogP contribution in [0.3, 0.4) is 0 Å². The van der Waals surface area contributed by atoms with Crippen LogP contribution in [0.25, 0.3) is 0 Å². The second-order valence-corrected chi connectivity index (χ2v) is 5.59. The zero-order valence-electron chi connectivity index (χ0n) is 13.1. The number of hydrogen-bond donors (Lipinski definition) is 2. The van der Waals surface area contributed by atoms with Gasteiger partial charge in [0.15, 0.2) is 0 Å². The van der Waals surface area contributed by atoms with Crippen molar-refractivity contribution in [2.24, 2.45) is 0 Å². The Labute approximate surface area is 122 Å². The van der Waals surface area contributed by atoms with E-state index in [1.807, 2.05) is 43.3 Å². The molecular weight excluding hydrogens is 252 g/mol. The Bertz CT molecular complexity index is 365. The van der Waals surface area contributed by atoms with Gasteiger partial charge in [-0.25, -0.2) is 0 Å². The first kappa shape index (κ1) is 16.8. The summed E-state index contributed by atoms with van der Waals surface area (Å²) in [5, 5.41) is 13.2. The largest absolute Gasteiger partial charge is 0.491 e. The first-order chi connectivity index (χ1) is 9.51. The van der Waals surface area contributed by atoms with E-state index in [0.717, 1.165) is 17.9 Å². The molecule has 1 aromatic rings. The molecule has 0 heterocycles. The van der Waals surface area contributed by atoms with Gasteiger partial charge < -0.3 is 20.1 Å². The van der Waals surface area contributed by atoms with E-state index in [-0.39, 0.29) is 0 Å². The van der Waals surface area contributed by atoms with Gasteiger partial charge in [0.2, 0.25) is 0 Å². The van der Waals surface area contributed by atoms with Crippen molar-refractivity contribution in [2.75, 3.05) is 32.6 Å². The Morgan fingerprint density at radius 3 is 2.45 bits per heavy atom. The van der Waals surface area contributed by atoms with Gasteiger partial charge >= 0.3 is 0 Å². The lowest BCUT2D eigenvalue weighted by atomic mass is 10.2. The number of likely N-dealkylation sites (N-methyl/N-ethyl adjacent to an activating group) is 1. The number of hydrogen-bond acceptors (Lipinski definition) is 4. The van der Waals surface area contributed by atoms with Crippen LogP contribution in [0, 0.1) is 0 Å². The van der Waals surface area contributed by atoms with Crippen molar-refractivity contribution in [3.05, 3.63) is 24.3 Å². The van der Waals surface area contributed by atoms with E-state index in [9.17, 15) is 5.11 Å². The molecule has 0 radical (unpaired) electrons. The number of aliphatic hydroxyl groups excluding tert-OH is 1. The van der Waals surface area contributed by atoms with Crippen molar-refractivity contribution < 1.29 is 9.84 Å². The Hall–Kier alpha value is -1.26. The number of benzene rings is 1. The SMILES string of the molecule is CCCC(C)Nc1ccc(OCC(O)CN(C)C)cc1. The lowest BCUT2D eigenvalue weighted by Crippen LogP contribution is -2.30. The summed E-state index contributed by atoms with van der Waals surface area (Å²) in [5.74, 6) is 0.788. The summed E-state index contributed by atoms with van der Waals surface area (Å²) in [7, 11) is 3.86. The summed E-state index contributed by atoms with van der Waals surface area (Å²) >= 11 is 0. The molecule has 0 saturated carbocycles.